The van der Waals surface area contributed by atoms with Gasteiger partial charge >= 0.3 is 0 Å². The molecule has 0 N–H and O–H groups in total. The van der Waals surface area contributed by atoms with Crippen molar-refractivity contribution >= 4 is 11.5 Å². The maximum atomic E-state index is 6.16. The lowest BCUT2D eigenvalue weighted by Crippen LogP contribution is -2.46. The van der Waals surface area contributed by atoms with Crippen molar-refractivity contribution in [1.29, 1.82) is 0 Å². The molecule has 28 heavy (non-hydrogen) atoms. The molecule has 6 heteroatoms. The minimum absolute atomic E-state index is 0.0207. The molecule has 1 aromatic heterocycles. The Kier molecular flexibility index (Phi) is 4.31. The summed E-state index contributed by atoms with van der Waals surface area (Å²) in [6, 6.07) is 8.43. The number of piperazine rings is 1. The molecular weight excluding hydrogens is 350 g/mol. The van der Waals surface area contributed by atoms with Crippen LogP contribution in [-0.4, -0.2) is 58.9 Å². The summed E-state index contributed by atoms with van der Waals surface area (Å²) in [4.78, 5) is 18.7. The van der Waals surface area contributed by atoms with Crippen LogP contribution in [0.1, 0.15) is 43.5 Å². The van der Waals surface area contributed by atoms with Crippen LogP contribution in [-0.2, 0) is 6.54 Å². The first-order valence-electron chi connectivity index (χ1n) is 10.3. The Morgan fingerprint density at radius 3 is 2.64 bits per heavy atom. The van der Waals surface area contributed by atoms with E-state index >= 15 is 0 Å². The van der Waals surface area contributed by atoms with E-state index in [0.29, 0.717) is 6.54 Å². The number of likely N-dealkylation sites (N-methyl/N-ethyl adjacent to an activating group) is 1. The first kappa shape index (κ1) is 17.6. The van der Waals surface area contributed by atoms with E-state index in [1.807, 2.05) is 0 Å². The molecule has 0 spiro atoms. The van der Waals surface area contributed by atoms with Crippen LogP contribution in [0.5, 0.6) is 5.75 Å². The number of aliphatic imine (C=N–C) groups is 1. The van der Waals surface area contributed by atoms with Crippen molar-refractivity contribution < 1.29 is 4.74 Å². The van der Waals surface area contributed by atoms with Gasteiger partial charge in [-0.05, 0) is 44.0 Å². The highest BCUT2D eigenvalue weighted by Gasteiger charge is 2.40. The van der Waals surface area contributed by atoms with Crippen LogP contribution < -0.4 is 9.64 Å². The lowest BCUT2D eigenvalue weighted by molar-refractivity contribution is 0.200. The van der Waals surface area contributed by atoms with E-state index in [9.17, 15) is 0 Å². The van der Waals surface area contributed by atoms with Crippen LogP contribution in [0.15, 0.2) is 35.6 Å². The van der Waals surface area contributed by atoms with Crippen molar-refractivity contribution in [3.8, 4) is 5.75 Å². The molecule has 1 aromatic carbocycles. The zero-order valence-corrected chi connectivity index (χ0v) is 16.7. The van der Waals surface area contributed by atoms with Gasteiger partial charge in [0, 0.05) is 37.8 Å². The summed E-state index contributed by atoms with van der Waals surface area (Å²) in [5.41, 5.74) is 4.25. The molecule has 6 nitrogen and oxygen atoms in total. The second-order valence-electron chi connectivity index (χ2n) is 8.22. The molecule has 0 radical (unpaired) electrons. The highest BCUT2D eigenvalue weighted by atomic mass is 16.5. The monoisotopic (exact) mass is 377 g/mol. The standard InChI is InChI=1S/C22H27N5O/c1-3-26-8-10-27(11-9-26)20-13-19(24-15-25-20)21-18-12-17(28-22(2)6-7-22)5-4-16(18)14-23-21/h4-5,12-13,15H,3,6-11,14H2,1-2H3. The van der Waals surface area contributed by atoms with Gasteiger partial charge in [0.25, 0.3) is 0 Å². The zero-order valence-electron chi connectivity index (χ0n) is 16.7. The number of nitrogens with zero attached hydrogens (tertiary/aromatic N) is 5. The molecule has 1 saturated heterocycles. The summed E-state index contributed by atoms with van der Waals surface area (Å²) in [5.74, 6) is 1.92. The summed E-state index contributed by atoms with van der Waals surface area (Å²) < 4.78 is 6.16. The largest absolute Gasteiger partial charge is 0.488 e. The van der Waals surface area contributed by atoms with Gasteiger partial charge in [-0.2, -0.15) is 0 Å². The Morgan fingerprint density at radius 2 is 1.89 bits per heavy atom. The van der Waals surface area contributed by atoms with E-state index in [1.54, 1.807) is 6.33 Å². The van der Waals surface area contributed by atoms with Crippen LogP contribution in [0.4, 0.5) is 5.82 Å². The Hall–Kier alpha value is -2.47. The van der Waals surface area contributed by atoms with Crippen molar-refractivity contribution in [2.75, 3.05) is 37.6 Å². The van der Waals surface area contributed by atoms with E-state index in [2.05, 4.69) is 57.9 Å². The molecule has 2 fully saturated rings. The number of hydrogen-bond acceptors (Lipinski definition) is 6. The van der Waals surface area contributed by atoms with Gasteiger partial charge in [-0.1, -0.05) is 13.0 Å². The van der Waals surface area contributed by atoms with Gasteiger partial charge in [0.2, 0.25) is 0 Å². The molecular formula is C22H27N5O. The number of benzene rings is 1. The maximum absolute atomic E-state index is 6.16. The molecule has 0 unspecified atom stereocenters. The molecule has 0 atom stereocenters. The number of ether oxygens (including phenoxy) is 1. The van der Waals surface area contributed by atoms with Gasteiger partial charge < -0.3 is 14.5 Å². The highest BCUT2D eigenvalue weighted by molar-refractivity contribution is 6.14. The lowest BCUT2D eigenvalue weighted by Gasteiger charge is -2.34. The van der Waals surface area contributed by atoms with E-state index in [1.165, 1.54) is 5.56 Å². The minimum atomic E-state index is 0.0207. The Balaban J connectivity index is 1.39. The average Bonchev–Trinajstić information content (AvgIpc) is 3.30. The first-order valence-corrected chi connectivity index (χ1v) is 10.3. The van der Waals surface area contributed by atoms with E-state index in [-0.39, 0.29) is 5.60 Å². The number of fused-ring (bicyclic) bond motifs is 1. The lowest BCUT2D eigenvalue weighted by atomic mass is 10.0. The minimum Gasteiger partial charge on any atom is -0.488 e. The second-order valence-corrected chi connectivity index (χ2v) is 8.22. The van der Waals surface area contributed by atoms with Crippen LogP contribution in [0.25, 0.3) is 0 Å². The molecule has 0 amide bonds. The molecule has 5 rings (SSSR count). The van der Waals surface area contributed by atoms with Crippen molar-refractivity contribution in [2.45, 2.75) is 38.8 Å². The number of hydrogen-bond donors (Lipinski definition) is 0. The predicted molar refractivity (Wildman–Crippen MR) is 110 cm³/mol. The second kappa shape index (κ2) is 6.85. The predicted octanol–water partition coefficient (Wildman–Crippen LogP) is 2.90. The fourth-order valence-electron chi connectivity index (χ4n) is 3.95. The average molecular weight is 377 g/mol. The van der Waals surface area contributed by atoms with E-state index in [0.717, 1.165) is 74.1 Å². The highest BCUT2D eigenvalue weighted by Crippen LogP contribution is 2.40. The third kappa shape index (κ3) is 3.37. The smallest absolute Gasteiger partial charge is 0.132 e. The van der Waals surface area contributed by atoms with E-state index < -0.39 is 0 Å². The summed E-state index contributed by atoms with van der Waals surface area (Å²) in [6.07, 6.45) is 3.93. The van der Waals surface area contributed by atoms with Gasteiger partial charge in [-0.3, -0.25) is 4.99 Å². The van der Waals surface area contributed by atoms with Gasteiger partial charge in [-0.25, -0.2) is 9.97 Å². The van der Waals surface area contributed by atoms with Crippen molar-refractivity contribution in [3.63, 3.8) is 0 Å². The topological polar surface area (TPSA) is 53.9 Å². The molecule has 0 bridgehead atoms. The summed E-state index contributed by atoms with van der Waals surface area (Å²) in [6.45, 7) is 10.4. The van der Waals surface area contributed by atoms with Gasteiger partial charge in [0.1, 0.15) is 23.5 Å². The molecule has 146 valence electrons. The van der Waals surface area contributed by atoms with Gasteiger partial charge in [-0.15, -0.1) is 0 Å². The Morgan fingerprint density at radius 1 is 1.07 bits per heavy atom. The molecule has 3 aliphatic rings. The number of anilines is 1. The molecule has 3 heterocycles. The summed E-state index contributed by atoms with van der Waals surface area (Å²) in [5, 5.41) is 0. The van der Waals surface area contributed by atoms with Crippen LogP contribution in [0, 0.1) is 0 Å². The molecule has 1 saturated carbocycles. The third-order valence-corrected chi connectivity index (χ3v) is 6.10. The Bertz CT molecular complexity index is 913. The molecule has 2 aliphatic heterocycles. The zero-order chi connectivity index (χ0) is 19.1. The van der Waals surface area contributed by atoms with Gasteiger partial charge in [0.05, 0.1) is 18.0 Å². The van der Waals surface area contributed by atoms with Gasteiger partial charge in [0.15, 0.2) is 0 Å². The SMILES string of the molecule is CCN1CCN(c2cc(C3=NCc4ccc(OC5(C)CC5)cc43)ncn2)CC1. The quantitative estimate of drug-likeness (QED) is 0.802. The fraction of sp³-hybridized carbons (Fsp3) is 0.500. The van der Waals surface area contributed by atoms with Crippen LogP contribution >= 0.6 is 0 Å². The summed E-state index contributed by atoms with van der Waals surface area (Å²) >= 11 is 0. The van der Waals surface area contributed by atoms with Crippen LogP contribution in [0.2, 0.25) is 0 Å². The van der Waals surface area contributed by atoms with E-state index in [4.69, 9.17) is 9.73 Å². The molecule has 1 aliphatic carbocycles. The first-order chi connectivity index (χ1) is 13.6. The number of rotatable bonds is 5. The van der Waals surface area contributed by atoms with Crippen molar-refractivity contribution in [3.05, 3.63) is 47.4 Å². The molecule has 2 aromatic rings. The number of aromatic nitrogens is 2. The normalized spacial score (nSPS) is 20.6. The third-order valence-electron chi connectivity index (χ3n) is 6.10. The Labute approximate surface area is 166 Å². The van der Waals surface area contributed by atoms with Crippen molar-refractivity contribution in [2.24, 2.45) is 4.99 Å². The fourth-order valence-corrected chi connectivity index (χ4v) is 3.95. The van der Waals surface area contributed by atoms with Crippen molar-refractivity contribution in [1.82, 2.24) is 14.9 Å². The maximum Gasteiger partial charge on any atom is 0.132 e. The summed E-state index contributed by atoms with van der Waals surface area (Å²) in [7, 11) is 0. The van der Waals surface area contributed by atoms with Crippen LogP contribution in [0.3, 0.4) is 0 Å².